The van der Waals surface area contributed by atoms with Crippen molar-refractivity contribution in [3.8, 4) is 0 Å². The molecule has 30 heavy (non-hydrogen) atoms. The number of benzene rings is 3. The van der Waals surface area contributed by atoms with Crippen LogP contribution < -0.4 is 10.6 Å². The number of rotatable bonds is 5. The fraction of sp³-hybridized carbons (Fsp3) is 0.261. The lowest BCUT2D eigenvalue weighted by molar-refractivity contribution is 0.390. The van der Waals surface area contributed by atoms with E-state index in [1.54, 1.807) is 18.3 Å². The molecule has 2 heterocycles. The van der Waals surface area contributed by atoms with E-state index in [4.69, 9.17) is 0 Å². The monoisotopic (exact) mass is 420 g/mol. The number of hydrogen-bond acceptors (Lipinski definition) is 5. The van der Waals surface area contributed by atoms with Crippen LogP contribution in [0, 0.1) is 5.92 Å². The summed E-state index contributed by atoms with van der Waals surface area (Å²) in [6, 6.07) is 18.6. The van der Waals surface area contributed by atoms with Crippen molar-refractivity contribution in [2.45, 2.75) is 17.7 Å². The number of anilines is 1. The standard InChI is InChI=1S/C23H24N4O2S/c28-30(29,22-10-4-6-18-5-1-2-8-20(18)22)27-23-19(16-26-27)7-3-9-21(23)25-15-17-11-13-24-14-12-17/h1-10,16-17,24-25H,11-15H2. The molecule has 4 aromatic rings. The highest BCUT2D eigenvalue weighted by Gasteiger charge is 2.24. The highest BCUT2D eigenvalue weighted by atomic mass is 32.2. The van der Waals surface area contributed by atoms with Crippen molar-refractivity contribution in [1.82, 2.24) is 14.5 Å². The van der Waals surface area contributed by atoms with Gasteiger partial charge in [-0.1, -0.05) is 48.5 Å². The summed E-state index contributed by atoms with van der Waals surface area (Å²) in [6.07, 6.45) is 3.86. The summed E-state index contributed by atoms with van der Waals surface area (Å²) in [5.74, 6) is 0.576. The van der Waals surface area contributed by atoms with Gasteiger partial charge in [-0.25, -0.2) is 0 Å². The molecule has 3 aromatic carbocycles. The smallest absolute Gasteiger partial charge is 0.284 e. The summed E-state index contributed by atoms with van der Waals surface area (Å²) < 4.78 is 28.5. The van der Waals surface area contributed by atoms with Crippen LogP contribution in [-0.2, 0) is 10.0 Å². The third-order valence-electron chi connectivity index (χ3n) is 5.86. The van der Waals surface area contributed by atoms with Gasteiger partial charge in [0, 0.05) is 17.3 Å². The van der Waals surface area contributed by atoms with E-state index in [1.165, 1.54) is 4.09 Å². The van der Waals surface area contributed by atoms with Gasteiger partial charge in [0.25, 0.3) is 10.0 Å². The zero-order valence-corrected chi connectivity index (χ0v) is 17.4. The Morgan fingerprint density at radius 3 is 2.57 bits per heavy atom. The van der Waals surface area contributed by atoms with Crippen LogP contribution in [-0.4, -0.2) is 37.2 Å². The molecule has 0 amide bonds. The van der Waals surface area contributed by atoms with Gasteiger partial charge in [-0.3, -0.25) is 0 Å². The lowest BCUT2D eigenvalue weighted by Crippen LogP contribution is -2.31. The van der Waals surface area contributed by atoms with E-state index in [9.17, 15) is 8.42 Å². The Balaban J connectivity index is 1.58. The topological polar surface area (TPSA) is 76.0 Å². The van der Waals surface area contributed by atoms with Crippen molar-refractivity contribution >= 4 is 37.4 Å². The van der Waals surface area contributed by atoms with Gasteiger partial charge in [-0.15, -0.1) is 0 Å². The number of fused-ring (bicyclic) bond motifs is 2. The van der Waals surface area contributed by atoms with Gasteiger partial charge in [-0.05, 0) is 49.4 Å². The first kappa shape index (κ1) is 19.1. The molecule has 0 radical (unpaired) electrons. The predicted molar refractivity (Wildman–Crippen MR) is 120 cm³/mol. The molecule has 1 aromatic heterocycles. The summed E-state index contributed by atoms with van der Waals surface area (Å²) in [5.41, 5.74) is 1.40. The number of nitrogens with zero attached hydrogens (tertiary/aromatic N) is 2. The molecular weight excluding hydrogens is 396 g/mol. The molecule has 1 saturated heterocycles. The van der Waals surface area contributed by atoms with E-state index in [2.05, 4.69) is 15.7 Å². The second-order valence-corrected chi connectivity index (χ2v) is 9.52. The van der Waals surface area contributed by atoms with E-state index in [-0.39, 0.29) is 4.90 Å². The maximum absolute atomic E-state index is 13.6. The molecule has 7 heteroatoms. The zero-order valence-electron chi connectivity index (χ0n) is 16.6. The molecule has 154 valence electrons. The first-order valence-electron chi connectivity index (χ1n) is 10.3. The first-order chi connectivity index (χ1) is 14.6. The summed E-state index contributed by atoms with van der Waals surface area (Å²) in [4.78, 5) is 0.263. The second-order valence-electron chi connectivity index (χ2n) is 7.79. The van der Waals surface area contributed by atoms with Crippen LogP contribution in [0.4, 0.5) is 5.69 Å². The minimum absolute atomic E-state index is 0.263. The van der Waals surface area contributed by atoms with E-state index >= 15 is 0 Å². The second kappa shape index (κ2) is 7.74. The molecular formula is C23H24N4O2S. The lowest BCUT2D eigenvalue weighted by Gasteiger charge is -2.23. The van der Waals surface area contributed by atoms with E-state index < -0.39 is 10.0 Å². The molecule has 0 atom stereocenters. The molecule has 0 unspecified atom stereocenters. The fourth-order valence-corrected chi connectivity index (χ4v) is 5.75. The van der Waals surface area contributed by atoms with Crippen LogP contribution in [0.1, 0.15) is 12.8 Å². The SMILES string of the molecule is O=S(=O)(c1cccc2ccccc12)n1ncc2cccc(NCC3CCNCC3)c21. The number of nitrogens with one attached hydrogen (secondary N) is 2. The third-order valence-corrected chi connectivity index (χ3v) is 7.50. The molecule has 0 aliphatic carbocycles. The molecule has 5 rings (SSSR count). The normalized spacial score (nSPS) is 15.6. The summed E-state index contributed by atoms with van der Waals surface area (Å²) in [7, 11) is -3.86. The van der Waals surface area contributed by atoms with Crippen molar-refractivity contribution in [3.63, 3.8) is 0 Å². The Kier molecular flexibility index (Phi) is 4.92. The van der Waals surface area contributed by atoms with Crippen molar-refractivity contribution in [1.29, 1.82) is 0 Å². The molecule has 0 spiro atoms. The summed E-state index contributed by atoms with van der Waals surface area (Å²) in [5, 5.41) is 13.5. The van der Waals surface area contributed by atoms with Crippen LogP contribution in [0.15, 0.2) is 71.8 Å². The van der Waals surface area contributed by atoms with Crippen LogP contribution in [0.25, 0.3) is 21.7 Å². The van der Waals surface area contributed by atoms with E-state index in [1.807, 2.05) is 48.5 Å². The third kappa shape index (κ3) is 3.34. The van der Waals surface area contributed by atoms with Gasteiger partial charge < -0.3 is 10.6 Å². The molecule has 2 N–H and O–H groups in total. The van der Waals surface area contributed by atoms with E-state index in [0.29, 0.717) is 16.8 Å². The lowest BCUT2D eigenvalue weighted by atomic mass is 9.98. The number of piperidine rings is 1. The Morgan fingerprint density at radius 1 is 0.967 bits per heavy atom. The quantitative estimate of drug-likeness (QED) is 0.513. The van der Waals surface area contributed by atoms with Crippen molar-refractivity contribution in [2.75, 3.05) is 25.0 Å². The summed E-state index contributed by atoms with van der Waals surface area (Å²) in [6.45, 7) is 2.88. The van der Waals surface area contributed by atoms with Gasteiger partial charge in [-0.2, -0.15) is 17.6 Å². The highest BCUT2D eigenvalue weighted by molar-refractivity contribution is 7.90. The minimum atomic E-state index is -3.86. The van der Waals surface area contributed by atoms with Gasteiger partial charge in [0.05, 0.1) is 16.8 Å². The number of para-hydroxylation sites is 1. The van der Waals surface area contributed by atoms with Crippen molar-refractivity contribution in [2.24, 2.45) is 5.92 Å². The van der Waals surface area contributed by atoms with Gasteiger partial charge in [0.2, 0.25) is 0 Å². The fourth-order valence-electron chi connectivity index (χ4n) is 4.23. The average Bonchev–Trinajstić information content (AvgIpc) is 3.24. The van der Waals surface area contributed by atoms with Crippen LogP contribution in [0.2, 0.25) is 0 Å². The van der Waals surface area contributed by atoms with Crippen LogP contribution in [0.3, 0.4) is 0 Å². The van der Waals surface area contributed by atoms with Crippen LogP contribution in [0.5, 0.6) is 0 Å². The summed E-state index contributed by atoms with van der Waals surface area (Å²) >= 11 is 0. The predicted octanol–water partition coefficient (Wildman–Crippen LogP) is 3.84. The molecule has 1 aliphatic rings. The van der Waals surface area contributed by atoms with Crippen molar-refractivity contribution < 1.29 is 8.42 Å². The van der Waals surface area contributed by atoms with Crippen molar-refractivity contribution in [3.05, 3.63) is 66.9 Å². The highest BCUT2D eigenvalue weighted by Crippen LogP contribution is 2.30. The molecule has 1 aliphatic heterocycles. The number of aromatic nitrogens is 2. The Bertz CT molecular complexity index is 1300. The first-order valence-corrected chi connectivity index (χ1v) is 11.7. The zero-order chi connectivity index (χ0) is 20.6. The molecule has 1 fully saturated rings. The van der Waals surface area contributed by atoms with Crippen LogP contribution >= 0.6 is 0 Å². The Morgan fingerprint density at radius 2 is 1.70 bits per heavy atom. The molecule has 0 saturated carbocycles. The Labute approximate surface area is 176 Å². The van der Waals surface area contributed by atoms with E-state index in [0.717, 1.165) is 48.9 Å². The molecule has 0 bridgehead atoms. The van der Waals surface area contributed by atoms with Gasteiger partial charge >= 0.3 is 0 Å². The minimum Gasteiger partial charge on any atom is -0.383 e. The van der Waals surface area contributed by atoms with Gasteiger partial charge in [0.15, 0.2) is 0 Å². The average molecular weight is 421 g/mol. The Hall–Kier alpha value is -2.90. The maximum atomic E-state index is 13.6. The number of hydrogen-bond donors (Lipinski definition) is 2. The molecule has 6 nitrogen and oxygen atoms in total. The van der Waals surface area contributed by atoms with Gasteiger partial charge in [0.1, 0.15) is 5.52 Å². The maximum Gasteiger partial charge on any atom is 0.284 e. The largest absolute Gasteiger partial charge is 0.383 e.